The van der Waals surface area contributed by atoms with Crippen LogP contribution in [-0.4, -0.2) is 17.9 Å². The van der Waals surface area contributed by atoms with E-state index in [1.54, 1.807) is 24.3 Å². The molecule has 1 atom stereocenters. The Kier molecular flexibility index (Phi) is 5.12. The highest BCUT2D eigenvalue weighted by molar-refractivity contribution is 6.30. The van der Waals surface area contributed by atoms with Crippen molar-refractivity contribution in [3.8, 4) is 0 Å². The molecular formula is C12H16ClN3O2. The average molecular weight is 270 g/mol. The van der Waals surface area contributed by atoms with Gasteiger partial charge in [0.15, 0.2) is 0 Å². The molecule has 18 heavy (non-hydrogen) atoms. The molecular weight excluding hydrogens is 254 g/mol. The molecule has 0 bridgehead atoms. The lowest BCUT2D eigenvalue weighted by Crippen LogP contribution is -2.51. The monoisotopic (exact) mass is 269 g/mol. The summed E-state index contributed by atoms with van der Waals surface area (Å²) in [7, 11) is 0. The highest BCUT2D eigenvalue weighted by atomic mass is 35.5. The first-order chi connectivity index (χ1) is 8.41. The second-order valence-electron chi connectivity index (χ2n) is 4.22. The van der Waals surface area contributed by atoms with E-state index in [1.165, 1.54) is 0 Å². The Morgan fingerprint density at radius 2 is 1.72 bits per heavy atom. The Bertz CT molecular complexity index is 431. The smallest absolute Gasteiger partial charge is 0.269 e. The molecule has 0 aromatic heterocycles. The lowest BCUT2D eigenvalue weighted by molar-refractivity contribution is -0.124. The van der Waals surface area contributed by atoms with Crippen LogP contribution in [0.1, 0.15) is 24.2 Å². The van der Waals surface area contributed by atoms with Crippen LogP contribution >= 0.6 is 11.6 Å². The lowest BCUT2D eigenvalue weighted by atomic mass is 10.1. The molecule has 0 heterocycles. The zero-order valence-electron chi connectivity index (χ0n) is 10.2. The number of nitrogens with one attached hydrogen (secondary N) is 2. The fourth-order valence-corrected chi connectivity index (χ4v) is 1.30. The Hall–Kier alpha value is -1.59. The third-order valence-corrected chi connectivity index (χ3v) is 2.68. The molecule has 0 fully saturated rings. The van der Waals surface area contributed by atoms with Crippen molar-refractivity contribution in [1.29, 1.82) is 0 Å². The van der Waals surface area contributed by atoms with Crippen LogP contribution in [0.15, 0.2) is 24.3 Å². The minimum absolute atomic E-state index is 0.00238. The third-order valence-electron chi connectivity index (χ3n) is 2.43. The number of halogens is 1. The summed E-state index contributed by atoms with van der Waals surface area (Å²) in [4.78, 5) is 23.1. The van der Waals surface area contributed by atoms with Crippen LogP contribution in [0, 0.1) is 5.92 Å². The minimum Gasteiger partial charge on any atom is -0.320 e. The van der Waals surface area contributed by atoms with Crippen molar-refractivity contribution in [2.45, 2.75) is 19.9 Å². The summed E-state index contributed by atoms with van der Waals surface area (Å²) >= 11 is 5.70. The number of hydrogen-bond acceptors (Lipinski definition) is 3. The van der Waals surface area contributed by atoms with Crippen LogP contribution in [0.25, 0.3) is 0 Å². The van der Waals surface area contributed by atoms with Crippen LogP contribution in [0.3, 0.4) is 0 Å². The Morgan fingerprint density at radius 3 is 2.22 bits per heavy atom. The Balaban J connectivity index is 2.51. The molecule has 0 aliphatic carbocycles. The second-order valence-corrected chi connectivity index (χ2v) is 4.66. The van der Waals surface area contributed by atoms with E-state index in [1.807, 2.05) is 13.8 Å². The Labute approximate surface area is 111 Å². The number of nitrogens with two attached hydrogens (primary N) is 1. The van der Waals surface area contributed by atoms with Gasteiger partial charge in [-0.1, -0.05) is 25.4 Å². The van der Waals surface area contributed by atoms with Crippen molar-refractivity contribution in [3.05, 3.63) is 34.9 Å². The molecule has 98 valence electrons. The van der Waals surface area contributed by atoms with Crippen molar-refractivity contribution >= 4 is 23.4 Å². The van der Waals surface area contributed by atoms with Crippen molar-refractivity contribution < 1.29 is 9.59 Å². The van der Waals surface area contributed by atoms with Gasteiger partial charge in [-0.05, 0) is 30.2 Å². The van der Waals surface area contributed by atoms with Gasteiger partial charge in [0.05, 0.1) is 6.04 Å². The molecule has 0 saturated heterocycles. The number of hydrogen-bond donors (Lipinski definition) is 3. The molecule has 0 aliphatic heterocycles. The summed E-state index contributed by atoms with van der Waals surface area (Å²) in [5, 5.41) is 0.539. The first-order valence-corrected chi connectivity index (χ1v) is 5.91. The van der Waals surface area contributed by atoms with E-state index in [9.17, 15) is 9.59 Å². The number of amides is 2. The van der Waals surface area contributed by atoms with Gasteiger partial charge in [-0.15, -0.1) is 0 Å². The highest BCUT2D eigenvalue weighted by Crippen LogP contribution is 2.09. The van der Waals surface area contributed by atoms with Gasteiger partial charge in [-0.25, -0.2) is 0 Å². The molecule has 2 amide bonds. The van der Waals surface area contributed by atoms with E-state index in [0.717, 1.165) is 0 Å². The molecule has 1 aromatic rings. The van der Waals surface area contributed by atoms with E-state index in [2.05, 4.69) is 10.9 Å². The number of carbonyl (C=O) groups is 2. The van der Waals surface area contributed by atoms with Crippen LogP contribution in [0.4, 0.5) is 0 Å². The van der Waals surface area contributed by atoms with Gasteiger partial charge >= 0.3 is 0 Å². The highest BCUT2D eigenvalue weighted by Gasteiger charge is 2.17. The van der Waals surface area contributed by atoms with E-state index in [4.69, 9.17) is 17.3 Å². The summed E-state index contributed by atoms with van der Waals surface area (Å²) in [6.07, 6.45) is 0. The fourth-order valence-electron chi connectivity index (χ4n) is 1.18. The summed E-state index contributed by atoms with van der Waals surface area (Å²) in [6.45, 7) is 3.65. The van der Waals surface area contributed by atoms with Crippen LogP contribution < -0.4 is 16.6 Å². The molecule has 6 heteroatoms. The zero-order valence-corrected chi connectivity index (χ0v) is 11.0. The van der Waals surface area contributed by atoms with Gasteiger partial charge in [0.2, 0.25) is 0 Å². The normalized spacial score (nSPS) is 12.1. The van der Waals surface area contributed by atoms with Gasteiger partial charge in [0.25, 0.3) is 11.8 Å². The summed E-state index contributed by atoms with van der Waals surface area (Å²) in [5.74, 6) is -0.847. The summed E-state index contributed by atoms with van der Waals surface area (Å²) in [5.41, 5.74) is 10.6. The van der Waals surface area contributed by atoms with Gasteiger partial charge < -0.3 is 5.73 Å². The first kappa shape index (κ1) is 14.5. The number of hydrazine groups is 1. The van der Waals surface area contributed by atoms with Crippen LogP contribution in [-0.2, 0) is 4.79 Å². The average Bonchev–Trinajstić information content (AvgIpc) is 2.35. The molecule has 0 radical (unpaired) electrons. The summed E-state index contributed by atoms with van der Waals surface area (Å²) in [6, 6.07) is 5.66. The van der Waals surface area contributed by atoms with E-state index < -0.39 is 17.9 Å². The molecule has 5 nitrogen and oxygen atoms in total. The van der Waals surface area contributed by atoms with Crippen molar-refractivity contribution in [2.24, 2.45) is 11.7 Å². The quantitative estimate of drug-likeness (QED) is 0.718. The molecule has 1 rings (SSSR count). The van der Waals surface area contributed by atoms with Gasteiger partial charge in [0, 0.05) is 10.6 Å². The van der Waals surface area contributed by atoms with Gasteiger partial charge in [-0.2, -0.15) is 0 Å². The zero-order chi connectivity index (χ0) is 13.7. The number of benzene rings is 1. The largest absolute Gasteiger partial charge is 0.320 e. The predicted molar refractivity (Wildman–Crippen MR) is 69.9 cm³/mol. The van der Waals surface area contributed by atoms with Gasteiger partial charge in [0.1, 0.15) is 0 Å². The SMILES string of the molecule is CC(C)C(N)C(=O)NNC(=O)c1ccc(Cl)cc1. The maximum Gasteiger partial charge on any atom is 0.269 e. The van der Waals surface area contributed by atoms with Crippen molar-refractivity contribution in [2.75, 3.05) is 0 Å². The van der Waals surface area contributed by atoms with E-state index in [-0.39, 0.29) is 5.92 Å². The second kappa shape index (κ2) is 6.37. The topological polar surface area (TPSA) is 84.2 Å². The van der Waals surface area contributed by atoms with Crippen LogP contribution in [0.5, 0.6) is 0 Å². The number of rotatable bonds is 3. The molecule has 4 N–H and O–H groups in total. The summed E-state index contributed by atoms with van der Waals surface area (Å²) < 4.78 is 0. The number of carbonyl (C=O) groups excluding carboxylic acids is 2. The van der Waals surface area contributed by atoms with E-state index in [0.29, 0.717) is 10.6 Å². The maximum absolute atomic E-state index is 11.6. The first-order valence-electron chi connectivity index (χ1n) is 5.53. The Morgan fingerprint density at radius 1 is 1.17 bits per heavy atom. The molecule has 1 aromatic carbocycles. The maximum atomic E-state index is 11.6. The van der Waals surface area contributed by atoms with Crippen molar-refractivity contribution in [3.63, 3.8) is 0 Å². The molecule has 0 aliphatic rings. The standard InChI is InChI=1S/C12H16ClN3O2/c1-7(2)10(14)12(18)16-15-11(17)8-3-5-9(13)6-4-8/h3-7,10H,14H2,1-2H3,(H,15,17)(H,16,18). The molecule has 0 saturated carbocycles. The van der Waals surface area contributed by atoms with E-state index >= 15 is 0 Å². The fraction of sp³-hybridized carbons (Fsp3) is 0.333. The predicted octanol–water partition coefficient (Wildman–Crippen LogP) is 1.08. The minimum atomic E-state index is -0.657. The van der Waals surface area contributed by atoms with Gasteiger partial charge in [-0.3, -0.25) is 20.4 Å². The third kappa shape index (κ3) is 4.01. The van der Waals surface area contributed by atoms with Crippen LogP contribution in [0.2, 0.25) is 5.02 Å². The molecule has 0 spiro atoms. The molecule has 1 unspecified atom stereocenters. The lowest BCUT2D eigenvalue weighted by Gasteiger charge is -2.15. The van der Waals surface area contributed by atoms with Crippen molar-refractivity contribution in [1.82, 2.24) is 10.9 Å².